The molecule has 4 nitrogen and oxygen atoms in total. The highest BCUT2D eigenvalue weighted by molar-refractivity contribution is 8.02. The maximum Gasteiger partial charge on any atom is 0.193 e. The Labute approximate surface area is 69.2 Å². The Bertz CT molecular complexity index is 260. The number of aliphatic imine (C=N–C) groups is 1. The number of thioether (sulfide) groups is 1. The molecule has 3 N–H and O–H groups in total. The molecule has 5 heteroatoms. The van der Waals surface area contributed by atoms with Crippen molar-refractivity contribution in [2.45, 2.75) is 0 Å². The molecule has 0 atom stereocenters. The zero-order valence-corrected chi connectivity index (χ0v) is 6.90. The second kappa shape index (κ2) is 3.30. The molecule has 0 amide bonds. The van der Waals surface area contributed by atoms with Crippen LogP contribution in [0.5, 0.6) is 0 Å². The van der Waals surface area contributed by atoms with Crippen molar-refractivity contribution in [2.75, 3.05) is 12.8 Å². The first kappa shape index (κ1) is 7.95. The molecular weight excluding hydrogens is 160 g/mol. The van der Waals surface area contributed by atoms with Gasteiger partial charge in [-0.25, -0.2) is 4.99 Å². The summed E-state index contributed by atoms with van der Waals surface area (Å²) in [6.45, 7) is 0.394. The zero-order valence-electron chi connectivity index (χ0n) is 6.09. The van der Waals surface area contributed by atoms with Gasteiger partial charge in [0.1, 0.15) is 0 Å². The van der Waals surface area contributed by atoms with Gasteiger partial charge in [-0.3, -0.25) is 0 Å². The van der Waals surface area contributed by atoms with Crippen molar-refractivity contribution in [1.29, 1.82) is 5.26 Å². The smallest absolute Gasteiger partial charge is 0.193 e. The van der Waals surface area contributed by atoms with Gasteiger partial charge in [-0.1, -0.05) is 0 Å². The second-order valence-electron chi connectivity index (χ2n) is 1.95. The third kappa shape index (κ3) is 1.65. The molecule has 1 rings (SSSR count). The molecule has 1 aliphatic rings. The molecule has 0 aromatic heterocycles. The minimum atomic E-state index is 0.383. The van der Waals surface area contributed by atoms with Gasteiger partial charge in [0.2, 0.25) is 0 Å². The molecule has 0 fully saturated rings. The number of guanidine groups is 1. The fraction of sp³-hybridized carbons (Fsp3) is 0.333. The molecule has 0 unspecified atom stereocenters. The molecule has 0 aromatic rings. The topological polar surface area (TPSA) is 74.2 Å². The Morgan fingerprint density at radius 1 is 1.82 bits per heavy atom. The van der Waals surface area contributed by atoms with Crippen LogP contribution < -0.4 is 11.1 Å². The molecule has 0 saturated heterocycles. The van der Waals surface area contributed by atoms with Gasteiger partial charge >= 0.3 is 0 Å². The Hall–Kier alpha value is -1.15. The predicted octanol–water partition coefficient (Wildman–Crippen LogP) is 0.00248. The van der Waals surface area contributed by atoms with Gasteiger partial charge in [0.05, 0.1) is 23.2 Å². The van der Waals surface area contributed by atoms with Crippen molar-refractivity contribution in [2.24, 2.45) is 10.7 Å². The van der Waals surface area contributed by atoms with Gasteiger partial charge < -0.3 is 11.1 Å². The van der Waals surface area contributed by atoms with E-state index in [0.29, 0.717) is 18.1 Å². The van der Waals surface area contributed by atoms with E-state index in [-0.39, 0.29) is 0 Å². The predicted molar refractivity (Wildman–Crippen MR) is 45.8 cm³/mol. The summed E-state index contributed by atoms with van der Waals surface area (Å²) in [6.07, 6.45) is 1.89. The summed E-state index contributed by atoms with van der Waals surface area (Å²) in [4.78, 5) is 3.87. The zero-order chi connectivity index (χ0) is 8.27. The van der Waals surface area contributed by atoms with Crippen molar-refractivity contribution in [3.8, 4) is 6.07 Å². The van der Waals surface area contributed by atoms with E-state index in [0.717, 1.165) is 5.03 Å². The van der Waals surface area contributed by atoms with Gasteiger partial charge in [0.15, 0.2) is 5.96 Å². The average molecular weight is 168 g/mol. The van der Waals surface area contributed by atoms with Crippen LogP contribution in [0.2, 0.25) is 0 Å². The summed E-state index contributed by atoms with van der Waals surface area (Å²) in [5.41, 5.74) is 6.04. The van der Waals surface area contributed by atoms with Crippen LogP contribution in [0.25, 0.3) is 0 Å². The summed E-state index contributed by atoms with van der Waals surface area (Å²) >= 11 is 1.47. The number of nitrogens with zero attached hydrogens (tertiary/aromatic N) is 2. The lowest BCUT2D eigenvalue weighted by Crippen LogP contribution is -2.34. The normalized spacial score (nSPS) is 16.9. The van der Waals surface area contributed by atoms with E-state index in [1.165, 1.54) is 11.8 Å². The van der Waals surface area contributed by atoms with Crippen molar-refractivity contribution in [3.05, 3.63) is 10.6 Å². The Morgan fingerprint density at radius 3 is 3.09 bits per heavy atom. The van der Waals surface area contributed by atoms with Crippen molar-refractivity contribution in [3.63, 3.8) is 0 Å². The Kier molecular flexibility index (Phi) is 2.39. The quantitative estimate of drug-likeness (QED) is 0.578. The number of nitrogens with two attached hydrogens (primary N) is 1. The molecule has 0 aliphatic carbocycles. The summed E-state index contributed by atoms with van der Waals surface area (Å²) in [6, 6.07) is 2.06. The fourth-order valence-corrected chi connectivity index (χ4v) is 1.29. The number of hydrogen-bond donors (Lipinski definition) is 2. The molecular formula is C6H8N4S. The lowest BCUT2D eigenvalue weighted by molar-refractivity contribution is 1.03. The first-order valence-electron chi connectivity index (χ1n) is 3.02. The summed E-state index contributed by atoms with van der Waals surface area (Å²) < 4.78 is 0. The molecule has 1 aliphatic heterocycles. The first-order chi connectivity index (χ1) is 5.27. The standard InChI is InChI=1S/C6H8N4S/c1-11-5-4(2-7)3-9-6(8)10-5/h3H2,1H3,(H3,8,9,10). The molecule has 0 bridgehead atoms. The number of nitriles is 1. The van der Waals surface area contributed by atoms with Crippen LogP contribution in [-0.2, 0) is 0 Å². The maximum absolute atomic E-state index is 8.61. The molecule has 1 heterocycles. The van der Waals surface area contributed by atoms with Gasteiger partial charge in [0, 0.05) is 0 Å². The van der Waals surface area contributed by atoms with Crippen LogP contribution in [0.1, 0.15) is 0 Å². The molecule has 0 radical (unpaired) electrons. The van der Waals surface area contributed by atoms with Gasteiger partial charge in [-0.2, -0.15) is 5.26 Å². The van der Waals surface area contributed by atoms with Crippen LogP contribution in [0, 0.1) is 11.3 Å². The third-order valence-electron chi connectivity index (χ3n) is 1.26. The van der Waals surface area contributed by atoms with Crippen LogP contribution in [0.3, 0.4) is 0 Å². The van der Waals surface area contributed by atoms with Gasteiger partial charge in [0.25, 0.3) is 0 Å². The van der Waals surface area contributed by atoms with E-state index in [1.54, 1.807) is 0 Å². The van der Waals surface area contributed by atoms with Crippen molar-refractivity contribution in [1.82, 2.24) is 5.32 Å². The minimum Gasteiger partial charge on any atom is -0.370 e. The molecule has 11 heavy (non-hydrogen) atoms. The summed E-state index contributed by atoms with van der Waals surface area (Å²) in [5.74, 6) is 0.383. The number of hydrogen-bond acceptors (Lipinski definition) is 5. The van der Waals surface area contributed by atoms with E-state index in [9.17, 15) is 0 Å². The highest BCUT2D eigenvalue weighted by atomic mass is 32.2. The van der Waals surface area contributed by atoms with Crippen LogP contribution in [0.15, 0.2) is 15.6 Å². The largest absolute Gasteiger partial charge is 0.370 e. The van der Waals surface area contributed by atoms with Gasteiger partial charge in [-0.15, -0.1) is 11.8 Å². The van der Waals surface area contributed by atoms with E-state index in [4.69, 9.17) is 11.0 Å². The first-order valence-corrected chi connectivity index (χ1v) is 4.24. The summed E-state index contributed by atoms with van der Waals surface area (Å²) in [5, 5.41) is 12.2. The van der Waals surface area contributed by atoms with E-state index in [1.807, 2.05) is 6.26 Å². The fourth-order valence-electron chi connectivity index (χ4n) is 0.728. The molecule has 58 valence electrons. The SMILES string of the molecule is CSC1=C(C#N)CN=C(N)N1. The van der Waals surface area contributed by atoms with E-state index < -0.39 is 0 Å². The van der Waals surface area contributed by atoms with Gasteiger partial charge in [-0.05, 0) is 6.26 Å². The van der Waals surface area contributed by atoms with Crippen LogP contribution in [-0.4, -0.2) is 18.8 Å². The molecule has 0 aromatic carbocycles. The highest BCUT2D eigenvalue weighted by Crippen LogP contribution is 2.15. The number of nitrogens with one attached hydrogen (secondary N) is 1. The lowest BCUT2D eigenvalue weighted by atomic mass is 10.3. The lowest BCUT2D eigenvalue weighted by Gasteiger charge is -2.13. The maximum atomic E-state index is 8.61. The average Bonchev–Trinajstić information content (AvgIpc) is 2.04. The molecule has 0 spiro atoms. The van der Waals surface area contributed by atoms with Crippen molar-refractivity contribution >= 4 is 17.7 Å². The van der Waals surface area contributed by atoms with Crippen molar-refractivity contribution < 1.29 is 0 Å². The Balaban J connectivity index is 2.82. The van der Waals surface area contributed by atoms with E-state index in [2.05, 4.69) is 16.4 Å². The third-order valence-corrected chi connectivity index (χ3v) is 2.02. The minimum absolute atomic E-state index is 0.383. The van der Waals surface area contributed by atoms with E-state index >= 15 is 0 Å². The molecule has 0 saturated carbocycles. The summed E-state index contributed by atoms with van der Waals surface area (Å²) in [7, 11) is 0. The number of rotatable bonds is 1. The Morgan fingerprint density at radius 2 is 2.55 bits per heavy atom. The van der Waals surface area contributed by atoms with Crippen LogP contribution in [0.4, 0.5) is 0 Å². The highest BCUT2D eigenvalue weighted by Gasteiger charge is 2.10. The second-order valence-corrected chi connectivity index (χ2v) is 2.77. The van der Waals surface area contributed by atoms with Crippen LogP contribution >= 0.6 is 11.8 Å². The monoisotopic (exact) mass is 168 g/mol.